The molecule has 21 heavy (non-hydrogen) atoms. The highest BCUT2D eigenvalue weighted by Gasteiger charge is 2.08. The predicted octanol–water partition coefficient (Wildman–Crippen LogP) is 1.18. The van der Waals surface area contributed by atoms with Crippen LogP contribution in [-0.4, -0.2) is 58.8 Å². The van der Waals surface area contributed by atoms with Crippen LogP contribution in [0.5, 0.6) is 11.5 Å². The Morgan fingerprint density at radius 2 is 2.00 bits per heavy atom. The Morgan fingerprint density at radius 3 is 2.62 bits per heavy atom. The molecule has 1 aromatic carbocycles. The molecule has 0 aliphatic carbocycles. The normalized spacial score (nSPS) is 10.5. The van der Waals surface area contributed by atoms with Gasteiger partial charge in [0.05, 0.1) is 26.5 Å². The minimum absolute atomic E-state index is 0.0941. The van der Waals surface area contributed by atoms with Crippen LogP contribution in [0.25, 0.3) is 0 Å². The molecule has 0 aliphatic rings. The number of rotatable bonds is 9. The van der Waals surface area contributed by atoms with E-state index < -0.39 is 0 Å². The SMILES string of the molecule is COc1ccc(NC(=O)CNCCCN(C)C)c(OC)c1. The Morgan fingerprint density at radius 1 is 1.24 bits per heavy atom. The van der Waals surface area contributed by atoms with E-state index in [9.17, 15) is 4.79 Å². The van der Waals surface area contributed by atoms with Crippen LogP contribution < -0.4 is 20.1 Å². The van der Waals surface area contributed by atoms with Crippen LogP contribution in [0.4, 0.5) is 5.69 Å². The van der Waals surface area contributed by atoms with E-state index in [0.29, 0.717) is 17.2 Å². The fourth-order valence-electron chi connectivity index (χ4n) is 1.82. The first-order chi connectivity index (χ1) is 10.1. The first kappa shape index (κ1) is 17.3. The van der Waals surface area contributed by atoms with Gasteiger partial charge >= 0.3 is 0 Å². The molecular formula is C15H25N3O3. The third-order valence-corrected chi connectivity index (χ3v) is 2.93. The molecule has 0 aromatic heterocycles. The minimum Gasteiger partial charge on any atom is -0.497 e. The first-order valence-electron chi connectivity index (χ1n) is 6.94. The molecule has 1 rings (SSSR count). The maximum absolute atomic E-state index is 11.9. The largest absolute Gasteiger partial charge is 0.497 e. The second-order valence-electron chi connectivity index (χ2n) is 4.95. The number of hydrogen-bond donors (Lipinski definition) is 2. The lowest BCUT2D eigenvalue weighted by Gasteiger charge is -2.12. The van der Waals surface area contributed by atoms with E-state index in [1.807, 2.05) is 14.1 Å². The average Bonchev–Trinajstić information content (AvgIpc) is 2.47. The van der Waals surface area contributed by atoms with E-state index in [1.54, 1.807) is 32.4 Å². The Balaban J connectivity index is 2.40. The summed E-state index contributed by atoms with van der Waals surface area (Å²) in [6.45, 7) is 2.09. The molecule has 1 amide bonds. The van der Waals surface area contributed by atoms with Gasteiger partial charge in [-0.05, 0) is 45.7 Å². The molecule has 0 radical (unpaired) electrons. The second-order valence-corrected chi connectivity index (χ2v) is 4.95. The number of methoxy groups -OCH3 is 2. The van der Waals surface area contributed by atoms with E-state index in [-0.39, 0.29) is 12.5 Å². The monoisotopic (exact) mass is 295 g/mol. The molecule has 0 heterocycles. The van der Waals surface area contributed by atoms with Gasteiger partial charge in [-0.3, -0.25) is 4.79 Å². The van der Waals surface area contributed by atoms with Crippen LogP contribution in [0, 0.1) is 0 Å². The summed E-state index contributed by atoms with van der Waals surface area (Å²) in [5, 5.41) is 5.94. The summed E-state index contributed by atoms with van der Waals surface area (Å²) in [7, 11) is 7.21. The number of nitrogens with zero attached hydrogens (tertiary/aromatic N) is 1. The molecular weight excluding hydrogens is 270 g/mol. The van der Waals surface area contributed by atoms with Crippen LogP contribution in [-0.2, 0) is 4.79 Å². The fourth-order valence-corrected chi connectivity index (χ4v) is 1.82. The summed E-state index contributed by atoms with van der Waals surface area (Å²) in [6.07, 6.45) is 1.01. The quantitative estimate of drug-likeness (QED) is 0.670. The number of nitrogens with one attached hydrogen (secondary N) is 2. The lowest BCUT2D eigenvalue weighted by molar-refractivity contribution is -0.115. The summed E-state index contributed by atoms with van der Waals surface area (Å²) in [4.78, 5) is 14.0. The number of carbonyl (C=O) groups is 1. The van der Waals surface area contributed by atoms with Gasteiger partial charge in [-0.1, -0.05) is 0 Å². The average molecular weight is 295 g/mol. The van der Waals surface area contributed by atoms with Gasteiger partial charge in [-0.2, -0.15) is 0 Å². The Bertz CT molecular complexity index is 450. The van der Waals surface area contributed by atoms with Gasteiger partial charge in [-0.25, -0.2) is 0 Å². The van der Waals surface area contributed by atoms with Gasteiger partial charge < -0.3 is 25.0 Å². The third kappa shape index (κ3) is 6.46. The molecule has 0 unspecified atom stereocenters. The maximum Gasteiger partial charge on any atom is 0.238 e. The predicted molar refractivity (Wildman–Crippen MR) is 84.2 cm³/mol. The van der Waals surface area contributed by atoms with E-state index in [0.717, 1.165) is 19.5 Å². The fraction of sp³-hybridized carbons (Fsp3) is 0.533. The van der Waals surface area contributed by atoms with Crippen molar-refractivity contribution in [3.05, 3.63) is 18.2 Å². The molecule has 1 aromatic rings. The van der Waals surface area contributed by atoms with E-state index in [4.69, 9.17) is 9.47 Å². The maximum atomic E-state index is 11.9. The highest BCUT2D eigenvalue weighted by molar-refractivity contribution is 5.93. The van der Waals surface area contributed by atoms with Crippen molar-refractivity contribution in [1.29, 1.82) is 0 Å². The number of hydrogen-bond acceptors (Lipinski definition) is 5. The second kappa shape index (κ2) is 9.20. The summed E-state index contributed by atoms with van der Waals surface area (Å²) in [6, 6.07) is 5.28. The van der Waals surface area contributed by atoms with Crippen molar-refractivity contribution in [2.75, 3.05) is 53.3 Å². The van der Waals surface area contributed by atoms with Gasteiger partial charge in [0.25, 0.3) is 0 Å². The van der Waals surface area contributed by atoms with Gasteiger partial charge in [-0.15, -0.1) is 0 Å². The lowest BCUT2D eigenvalue weighted by Crippen LogP contribution is -2.30. The molecule has 0 aliphatic heterocycles. The van der Waals surface area contributed by atoms with Crippen molar-refractivity contribution >= 4 is 11.6 Å². The first-order valence-corrected chi connectivity index (χ1v) is 6.94. The van der Waals surface area contributed by atoms with Gasteiger partial charge in [0, 0.05) is 6.07 Å². The number of anilines is 1. The van der Waals surface area contributed by atoms with Crippen molar-refractivity contribution < 1.29 is 14.3 Å². The van der Waals surface area contributed by atoms with Crippen molar-refractivity contribution in [3.8, 4) is 11.5 Å². The highest BCUT2D eigenvalue weighted by Crippen LogP contribution is 2.28. The van der Waals surface area contributed by atoms with Crippen molar-refractivity contribution in [2.45, 2.75) is 6.42 Å². The Labute approximate surface area is 126 Å². The van der Waals surface area contributed by atoms with Crippen molar-refractivity contribution in [3.63, 3.8) is 0 Å². The molecule has 6 heteroatoms. The Kier molecular flexibility index (Phi) is 7.56. The molecule has 0 saturated carbocycles. The number of ether oxygens (including phenoxy) is 2. The van der Waals surface area contributed by atoms with E-state index in [2.05, 4.69) is 15.5 Å². The van der Waals surface area contributed by atoms with Gasteiger partial charge in [0.15, 0.2) is 0 Å². The van der Waals surface area contributed by atoms with Crippen LogP contribution >= 0.6 is 0 Å². The molecule has 0 fully saturated rings. The van der Waals surface area contributed by atoms with Gasteiger partial charge in [0.1, 0.15) is 11.5 Å². The molecule has 6 nitrogen and oxygen atoms in total. The van der Waals surface area contributed by atoms with Crippen LogP contribution in [0.3, 0.4) is 0 Å². The third-order valence-electron chi connectivity index (χ3n) is 2.93. The molecule has 0 spiro atoms. The molecule has 0 saturated heterocycles. The minimum atomic E-state index is -0.0941. The molecule has 0 bridgehead atoms. The summed E-state index contributed by atoms with van der Waals surface area (Å²) >= 11 is 0. The molecule has 118 valence electrons. The summed E-state index contributed by atoms with van der Waals surface area (Å²) < 4.78 is 10.4. The zero-order valence-corrected chi connectivity index (χ0v) is 13.2. The lowest BCUT2D eigenvalue weighted by atomic mass is 10.2. The number of benzene rings is 1. The number of amides is 1. The van der Waals surface area contributed by atoms with Crippen molar-refractivity contribution in [1.82, 2.24) is 10.2 Å². The van der Waals surface area contributed by atoms with Gasteiger partial charge in [0.2, 0.25) is 5.91 Å². The summed E-state index contributed by atoms with van der Waals surface area (Å²) in [5.41, 5.74) is 0.637. The smallest absolute Gasteiger partial charge is 0.238 e. The zero-order valence-electron chi connectivity index (χ0n) is 13.2. The topological polar surface area (TPSA) is 62.8 Å². The number of carbonyl (C=O) groups excluding carboxylic acids is 1. The Hall–Kier alpha value is -1.79. The van der Waals surface area contributed by atoms with E-state index in [1.165, 1.54) is 0 Å². The van der Waals surface area contributed by atoms with Crippen LogP contribution in [0.2, 0.25) is 0 Å². The van der Waals surface area contributed by atoms with Crippen LogP contribution in [0.15, 0.2) is 18.2 Å². The zero-order chi connectivity index (χ0) is 15.7. The van der Waals surface area contributed by atoms with Crippen molar-refractivity contribution in [2.24, 2.45) is 0 Å². The highest BCUT2D eigenvalue weighted by atomic mass is 16.5. The molecule has 0 atom stereocenters. The van der Waals surface area contributed by atoms with Crippen LogP contribution in [0.1, 0.15) is 6.42 Å². The van der Waals surface area contributed by atoms with E-state index >= 15 is 0 Å². The standard InChI is InChI=1S/C15H25N3O3/c1-18(2)9-5-8-16-11-15(19)17-13-7-6-12(20-3)10-14(13)21-4/h6-7,10,16H,5,8-9,11H2,1-4H3,(H,17,19). The molecule has 2 N–H and O–H groups in total. The summed E-state index contributed by atoms with van der Waals surface area (Å²) in [5.74, 6) is 1.17.